The molecule has 0 aromatic heterocycles. The molecule has 0 heterocycles. The minimum Gasteiger partial charge on any atom is -0.399 e. The Bertz CT molecular complexity index is 882. The second kappa shape index (κ2) is 13.5. The number of nitrogens with two attached hydrogens (primary N) is 2. The topological polar surface area (TPSA) is 139 Å². The lowest BCUT2D eigenvalue weighted by molar-refractivity contribution is -0.116. The predicted molar refractivity (Wildman–Crippen MR) is 118 cm³/mol. The Hall–Kier alpha value is -2.69. The number of hydrogen-bond acceptors (Lipinski definition) is 6. The van der Waals surface area contributed by atoms with Crippen molar-refractivity contribution in [3.63, 3.8) is 0 Å². The van der Waals surface area contributed by atoms with Gasteiger partial charge in [0.1, 0.15) is 5.82 Å². The minimum atomic E-state index is -3.51. The average molecular weight is 440 g/mol. The van der Waals surface area contributed by atoms with Gasteiger partial charge < -0.3 is 22.2 Å². The summed E-state index contributed by atoms with van der Waals surface area (Å²) in [5, 5.41) is 2.62. The molecule has 30 heavy (non-hydrogen) atoms. The average Bonchev–Trinajstić information content (AvgIpc) is 2.68. The third-order valence-electron chi connectivity index (χ3n) is 3.80. The van der Waals surface area contributed by atoms with E-state index in [1.807, 2.05) is 17.0 Å². The molecule has 1 amide bonds. The number of benzene rings is 1. The van der Waals surface area contributed by atoms with Gasteiger partial charge >= 0.3 is 0 Å². The molecule has 10 heteroatoms. The quantitative estimate of drug-likeness (QED) is 0.137. The van der Waals surface area contributed by atoms with E-state index in [9.17, 15) is 17.6 Å². The van der Waals surface area contributed by atoms with Crippen molar-refractivity contribution >= 4 is 21.6 Å². The molecule has 0 spiro atoms. The number of allylic oxidation sites excluding steroid dienone is 4. The van der Waals surface area contributed by atoms with E-state index in [1.165, 1.54) is 24.3 Å². The van der Waals surface area contributed by atoms with Crippen LogP contribution >= 0.6 is 0 Å². The molecule has 0 bridgehead atoms. The number of nitrogens with one attached hydrogen (secondary N) is 3. The van der Waals surface area contributed by atoms with Crippen molar-refractivity contribution in [2.24, 2.45) is 11.5 Å². The molecule has 0 aliphatic heterocycles. The van der Waals surface area contributed by atoms with Gasteiger partial charge in [-0.2, -0.15) is 0 Å². The van der Waals surface area contributed by atoms with Gasteiger partial charge in [-0.15, -0.1) is 4.83 Å². The van der Waals surface area contributed by atoms with Crippen LogP contribution in [0.1, 0.15) is 31.2 Å². The lowest BCUT2D eigenvalue weighted by Crippen LogP contribution is -2.28. The van der Waals surface area contributed by atoms with Crippen molar-refractivity contribution in [1.82, 2.24) is 10.1 Å². The van der Waals surface area contributed by atoms with Gasteiger partial charge in [0.25, 0.3) is 0 Å². The highest BCUT2D eigenvalue weighted by molar-refractivity contribution is 7.88. The molecular weight excluding hydrogens is 409 g/mol. The highest BCUT2D eigenvalue weighted by atomic mass is 32.2. The molecule has 0 saturated carbocycles. The minimum absolute atomic E-state index is 0.0271. The van der Waals surface area contributed by atoms with Crippen LogP contribution in [-0.2, 0) is 21.4 Å². The van der Waals surface area contributed by atoms with Crippen molar-refractivity contribution in [2.45, 2.75) is 32.2 Å². The second-order valence-electron chi connectivity index (χ2n) is 6.60. The fraction of sp³-hybridized carbons (Fsp3) is 0.350. The van der Waals surface area contributed by atoms with Crippen molar-refractivity contribution in [3.8, 4) is 0 Å². The number of rotatable bonds is 13. The van der Waals surface area contributed by atoms with Crippen LogP contribution in [0.4, 0.5) is 10.1 Å². The Morgan fingerprint density at radius 1 is 1.20 bits per heavy atom. The summed E-state index contributed by atoms with van der Waals surface area (Å²) < 4.78 is 36.0. The summed E-state index contributed by atoms with van der Waals surface area (Å²) in [4.78, 5) is 13.9. The Morgan fingerprint density at radius 3 is 2.63 bits per heavy atom. The van der Waals surface area contributed by atoms with E-state index < -0.39 is 15.8 Å². The van der Waals surface area contributed by atoms with Gasteiger partial charge in [-0.3, -0.25) is 4.79 Å². The molecule has 0 aliphatic carbocycles. The van der Waals surface area contributed by atoms with E-state index in [1.54, 1.807) is 12.1 Å². The number of amides is 1. The lowest BCUT2D eigenvalue weighted by atomic mass is 10.2. The van der Waals surface area contributed by atoms with E-state index in [4.69, 9.17) is 11.5 Å². The summed E-state index contributed by atoms with van der Waals surface area (Å²) >= 11 is 0. The molecule has 1 aromatic rings. The molecule has 0 aliphatic rings. The summed E-state index contributed by atoms with van der Waals surface area (Å²) in [5.41, 5.74) is 14.4. The second-order valence-corrected chi connectivity index (χ2v) is 8.35. The number of carbonyl (C=O) groups excluding carboxylic acids is 1. The Balaban J connectivity index is 2.43. The van der Waals surface area contributed by atoms with Crippen LogP contribution in [-0.4, -0.2) is 27.1 Å². The number of hydrazine groups is 1. The van der Waals surface area contributed by atoms with Gasteiger partial charge in [0, 0.05) is 18.3 Å². The Morgan fingerprint density at radius 2 is 1.97 bits per heavy atom. The first-order valence-electron chi connectivity index (χ1n) is 9.51. The molecule has 0 atom stereocenters. The van der Waals surface area contributed by atoms with Crippen LogP contribution in [0.25, 0.3) is 0 Å². The van der Waals surface area contributed by atoms with Crippen LogP contribution in [0.5, 0.6) is 0 Å². The maximum atomic E-state index is 14.0. The van der Waals surface area contributed by atoms with Crippen LogP contribution < -0.4 is 27.0 Å². The van der Waals surface area contributed by atoms with Gasteiger partial charge in [-0.1, -0.05) is 24.6 Å². The maximum absolute atomic E-state index is 14.0. The third kappa shape index (κ3) is 12.0. The first kappa shape index (κ1) is 25.3. The first-order chi connectivity index (χ1) is 14.2. The van der Waals surface area contributed by atoms with Crippen molar-refractivity contribution in [1.29, 1.82) is 0 Å². The molecular formula is C20H30FN5O3S. The van der Waals surface area contributed by atoms with Gasteiger partial charge in [-0.05, 0) is 55.7 Å². The smallest absolute Gasteiger partial charge is 0.244 e. The summed E-state index contributed by atoms with van der Waals surface area (Å²) in [7, 11) is -3.51. The SMILES string of the molecule is CS(=O)(=O)NNc1ccc(CNC(=O)/C=C/C(N)=C/C=CCCCCCN)cc1F. The highest BCUT2D eigenvalue weighted by Gasteiger charge is 2.06. The molecule has 0 unspecified atom stereocenters. The molecule has 0 fully saturated rings. The van der Waals surface area contributed by atoms with E-state index >= 15 is 0 Å². The van der Waals surface area contributed by atoms with Gasteiger partial charge in [0.15, 0.2) is 0 Å². The number of sulfonamides is 1. The zero-order chi connectivity index (χ0) is 22.4. The highest BCUT2D eigenvalue weighted by Crippen LogP contribution is 2.15. The van der Waals surface area contributed by atoms with Crippen LogP contribution in [0.2, 0.25) is 0 Å². The molecule has 0 saturated heterocycles. The standard InChI is InChI=1S/C20H30FN5O3S/c1-30(28,29)26-25-19-11-9-16(14-18(19)21)15-24-20(27)12-10-17(23)8-6-4-2-3-5-7-13-22/h4,6,8-12,14,25-26H,2-3,5,7,13,15,22-23H2,1H3,(H,24,27)/b6-4?,12-10+,17-8-. The van der Waals surface area contributed by atoms with E-state index in [0.29, 0.717) is 17.8 Å². The normalized spacial score (nSPS) is 12.6. The summed E-state index contributed by atoms with van der Waals surface area (Å²) in [5.74, 6) is -1.03. The van der Waals surface area contributed by atoms with Crippen molar-refractivity contribution < 1.29 is 17.6 Å². The Labute approximate surface area is 177 Å². The van der Waals surface area contributed by atoms with E-state index in [2.05, 4.69) is 10.7 Å². The fourth-order valence-corrected chi connectivity index (χ4v) is 2.55. The molecule has 166 valence electrons. The van der Waals surface area contributed by atoms with Crippen LogP contribution in [0, 0.1) is 5.82 Å². The molecule has 1 aromatic carbocycles. The number of hydrogen-bond donors (Lipinski definition) is 5. The van der Waals surface area contributed by atoms with Crippen LogP contribution in [0.3, 0.4) is 0 Å². The summed E-state index contributed by atoms with van der Waals surface area (Å²) in [6, 6.07) is 4.13. The third-order valence-corrected chi connectivity index (χ3v) is 4.27. The zero-order valence-corrected chi connectivity index (χ0v) is 17.8. The first-order valence-corrected chi connectivity index (χ1v) is 11.4. The van der Waals surface area contributed by atoms with E-state index in [0.717, 1.165) is 31.9 Å². The number of anilines is 1. The Kier molecular flexibility index (Phi) is 11.4. The number of unbranched alkanes of at least 4 members (excludes halogenated alkanes) is 3. The van der Waals surface area contributed by atoms with Gasteiger partial charge in [0.05, 0.1) is 11.9 Å². The van der Waals surface area contributed by atoms with Gasteiger partial charge in [0.2, 0.25) is 15.9 Å². The molecule has 8 nitrogen and oxygen atoms in total. The zero-order valence-electron chi connectivity index (χ0n) is 17.0. The number of halogens is 1. The summed E-state index contributed by atoms with van der Waals surface area (Å²) in [6.45, 7) is 0.815. The van der Waals surface area contributed by atoms with Crippen molar-refractivity contribution in [2.75, 3.05) is 18.2 Å². The van der Waals surface area contributed by atoms with E-state index in [-0.39, 0.29) is 18.1 Å². The molecule has 7 N–H and O–H groups in total. The monoisotopic (exact) mass is 439 g/mol. The van der Waals surface area contributed by atoms with Crippen molar-refractivity contribution in [3.05, 3.63) is 65.7 Å². The number of carbonyl (C=O) groups is 1. The summed E-state index contributed by atoms with van der Waals surface area (Å²) in [6.07, 6.45) is 13.4. The maximum Gasteiger partial charge on any atom is 0.244 e. The molecule has 1 rings (SSSR count). The van der Waals surface area contributed by atoms with Crippen LogP contribution in [0.15, 0.2) is 54.3 Å². The van der Waals surface area contributed by atoms with Gasteiger partial charge in [-0.25, -0.2) is 12.8 Å². The molecule has 0 radical (unpaired) electrons. The predicted octanol–water partition coefficient (Wildman–Crippen LogP) is 1.79. The fourth-order valence-electron chi connectivity index (χ4n) is 2.25. The lowest BCUT2D eigenvalue weighted by Gasteiger charge is -2.09. The largest absolute Gasteiger partial charge is 0.399 e.